The summed E-state index contributed by atoms with van der Waals surface area (Å²) in [4.78, 5) is 0. The monoisotopic (exact) mass is 343 g/mol. The SMILES string of the molecule is CC(C)CCCCNCC(O)COc1ccc(Br)cc1. The highest BCUT2D eigenvalue weighted by molar-refractivity contribution is 9.10. The molecule has 0 bridgehead atoms. The van der Waals surface area contributed by atoms with Crippen LogP contribution >= 0.6 is 15.9 Å². The minimum Gasteiger partial charge on any atom is -0.491 e. The zero-order valence-electron chi connectivity index (χ0n) is 12.4. The smallest absolute Gasteiger partial charge is 0.119 e. The summed E-state index contributed by atoms with van der Waals surface area (Å²) in [6, 6.07) is 7.62. The number of ether oxygens (including phenoxy) is 1. The van der Waals surface area contributed by atoms with Gasteiger partial charge in [-0.25, -0.2) is 0 Å². The van der Waals surface area contributed by atoms with Gasteiger partial charge >= 0.3 is 0 Å². The number of hydrogen-bond donors (Lipinski definition) is 2. The lowest BCUT2D eigenvalue weighted by Gasteiger charge is -2.13. The molecule has 1 aromatic rings. The van der Waals surface area contributed by atoms with Crippen molar-refractivity contribution in [1.82, 2.24) is 5.32 Å². The largest absolute Gasteiger partial charge is 0.491 e. The average molecular weight is 344 g/mol. The number of nitrogens with one attached hydrogen (secondary N) is 1. The Labute approximate surface area is 130 Å². The van der Waals surface area contributed by atoms with Crippen LogP contribution in [0.15, 0.2) is 28.7 Å². The number of benzene rings is 1. The molecule has 0 aliphatic heterocycles. The first-order chi connectivity index (χ1) is 9.58. The fourth-order valence-electron chi connectivity index (χ4n) is 1.85. The van der Waals surface area contributed by atoms with Crippen molar-refractivity contribution in [2.24, 2.45) is 5.92 Å². The Hall–Kier alpha value is -0.580. The second kappa shape index (κ2) is 10.2. The first-order valence-electron chi connectivity index (χ1n) is 7.35. The van der Waals surface area contributed by atoms with Crippen molar-refractivity contribution in [3.05, 3.63) is 28.7 Å². The van der Waals surface area contributed by atoms with Gasteiger partial charge in [-0.2, -0.15) is 0 Å². The molecule has 0 heterocycles. The molecule has 0 amide bonds. The maximum Gasteiger partial charge on any atom is 0.119 e. The molecular weight excluding hydrogens is 318 g/mol. The van der Waals surface area contributed by atoms with Crippen LogP contribution in [0, 0.1) is 5.92 Å². The molecule has 0 saturated heterocycles. The van der Waals surface area contributed by atoms with Gasteiger partial charge in [-0.15, -0.1) is 0 Å². The summed E-state index contributed by atoms with van der Waals surface area (Å²) in [7, 11) is 0. The van der Waals surface area contributed by atoms with E-state index in [0.717, 1.165) is 22.7 Å². The maximum absolute atomic E-state index is 9.81. The third-order valence-electron chi connectivity index (χ3n) is 3.02. The summed E-state index contributed by atoms with van der Waals surface area (Å²) in [5.74, 6) is 1.56. The number of hydrogen-bond acceptors (Lipinski definition) is 3. The van der Waals surface area contributed by atoms with Gasteiger partial charge in [-0.3, -0.25) is 0 Å². The molecule has 3 nitrogen and oxygen atoms in total. The number of rotatable bonds is 10. The van der Waals surface area contributed by atoms with E-state index < -0.39 is 6.10 Å². The molecule has 0 radical (unpaired) electrons. The van der Waals surface area contributed by atoms with Crippen LogP contribution in [0.3, 0.4) is 0 Å². The van der Waals surface area contributed by atoms with Crippen LogP contribution in [0.5, 0.6) is 5.75 Å². The van der Waals surface area contributed by atoms with Crippen molar-refractivity contribution in [3.63, 3.8) is 0 Å². The van der Waals surface area contributed by atoms with E-state index in [-0.39, 0.29) is 0 Å². The summed E-state index contributed by atoms with van der Waals surface area (Å²) in [5.41, 5.74) is 0. The minimum atomic E-state index is -0.469. The van der Waals surface area contributed by atoms with Gasteiger partial charge in [0.15, 0.2) is 0 Å². The van der Waals surface area contributed by atoms with E-state index >= 15 is 0 Å². The molecule has 4 heteroatoms. The van der Waals surface area contributed by atoms with Crippen LogP contribution in [0.1, 0.15) is 33.1 Å². The van der Waals surface area contributed by atoms with Crippen LogP contribution in [-0.2, 0) is 0 Å². The zero-order chi connectivity index (χ0) is 14.8. The predicted octanol–water partition coefficient (Wildman–Crippen LogP) is 3.60. The quantitative estimate of drug-likeness (QED) is 0.637. The molecule has 0 saturated carbocycles. The summed E-state index contributed by atoms with van der Waals surface area (Å²) < 4.78 is 6.54. The first kappa shape index (κ1) is 17.5. The van der Waals surface area contributed by atoms with Gasteiger partial charge in [0.25, 0.3) is 0 Å². The van der Waals surface area contributed by atoms with Crippen LogP contribution in [0.4, 0.5) is 0 Å². The van der Waals surface area contributed by atoms with Gasteiger partial charge in [-0.05, 0) is 43.1 Å². The molecule has 1 aromatic carbocycles. The van der Waals surface area contributed by atoms with Gasteiger partial charge in [0.05, 0.1) is 0 Å². The highest BCUT2D eigenvalue weighted by Gasteiger charge is 2.04. The second-order valence-electron chi connectivity index (χ2n) is 5.51. The number of aliphatic hydroxyl groups is 1. The van der Waals surface area contributed by atoms with Crippen LogP contribution in [-0.4, -0.2) is 30.9 Å². The van der Waals surface area contributed by atoms with Gasteiger partial charge in [-0.1, -0.05) is 42.6 Å². The maximum atomic E-state index is 9.81. The molecule has 114 valence electrons. The molecule has 0 aromatic heterocycles. The average Bonchev–Trinajstić information content (AvgIpc) is 2.41. The normalized spacial score (nSPS) is 12.7. The zero-order valence-corrected chi connectivity index (χ0v) is 14.0. The second-order valence-corrected chi connectivity index (χ2v) is 6.43. The molecule has 0 aliphatic carbocycles. The van der Waals surface area contributed by atoms with Gasteiger partial charge in [0, 0.05) is 11.0 Å². The van der Waals surface area contributed by atoms with E-state index in [1.54, 1.807) is 0 Å². The van der Waals surface area contributed by atoms with Crippen molar-refractivity contribution >= 4 is 15.9 Å². The summed E-state index contributed by atoms with van der Waals surface area (Å²) >= 11 is 3.37. The van der Waals surface area contributed by atoms with Crippen molar-refractivity contribution < 1.29 is 9.84 Å². The molecule has 0 fully saturated rings. The fourth-order valence-corrected chi connectivity index (χ4v) is 2.12. The van der Waals surface area contributed by atoms with Gasteiger partial charge in [0.1, 0.15) is 18.5 Å². The van der Waals surface area contributed by atoms with Crippen molar-refractivity contribution in [3.8, 4) is 5.75 Å². The third kappa shape index (κ3) is 8.56. The molecule has 0 aliphatic rings. The molecule has 1 atom stereocenters. The Morgan fingerprint density at radius 3 is 2.55 bits per heavy atom. The van der Waals surface area contributed by atoms with Gasteiger partial charge in [0.2, 0.25) is 0 Å². The lowest BCUT2D eigenvalue weighted by atomic mass is 10.1. The molecule has 0 spiro atoms. The first-order valence-corrected chi connectivity index (χ1v) is 8.14. The number of halogens is 1. The lowest BCUT2D eigenvalue weighted by Crippen LogP contribution is -2.32. The number of aliphatic hydroxyl groups excluding tert-OH is 1. The summed E-state index contributed by atoms with van der Waals surface area (Å²) in [5, 5.41) is 13.1. The van der Waals surface area contributed by atoms with E-state index in [2.05, 4.69) is 35.1 Å². The molecule has 20 heavy (non-hydrogen) atoms. The Morgan fingerprint density at radius 2 is 1.90 bits per heavy atom. The Morgan fingerprint density at radius 1 is 1.20 bits per heavy atom. The fraction of sp³-hybridized carbons (Fsp3) is 0.625. The van der Waals surface area contributed by atoms with Crippen molar-refractivity contribution in [1.29, 1.82) is 0 Å². The molecule has 2 N–H and O–H groups in total. The summed E-state index contributed by atoms with van der Waals surface area (Å²) in [6.07, 6.45) is 3.22. The Kier molecular flexibility index (Phi) is 8.90. The standard InChI is InChI=1S/C16H26BrNO2/c1-13(2)5-3-4-10-18-11-15(19)12-20-16-8-6-14(17)7-9-16/h6-9,13,15,18-19H,3-5,10-12H2,1-2H3. The van der Waals surface area contributed by atoms with Crippen LogP contribution < -0.4 is 10.1 Å². The lowest BCUT2D eigenvalue weighted by molar-refractivity contribution is 0.106. The molecular formula is C16H26BrNO2. The minimum absolute atomic E-state index is 0.320. The van der Waals surface area contributed by atoms with Crippen molar-refractivity contribution in [2.75, 3.05) is 19.7 Å². The number of unbranched alkanes of at least 4 members (excludes halogenated alkanes) is 1. The molecule has 1 rings (SSSR count). The predicted molar refractivity (Wildman–Crippen MR) is 87.2 cm³/mol. The Bertz CT molecular complexity index is 354. The van der Waals surface area contributed by atoms with E-state index in [4.69, 9.17) is 4.74 Å². The molecule has 1 unspecified atom stereocenters. The van der Waals surface area contributed by atoms with Crippen LogP contribution in [0.25, 0.3) is 0 Å². The highest BCUT2D eigenvalue weighted by Crippen LogP contribution is 2.16. The van der Waals surface area contributed by atoms with Crippen molar-refractivity contribution in [2.45, 2.75) is 39.2 Å². The Balaban J connectivity index is 2.03. The van der Waals surface area contributed by atoms with E-state index in [9.17, 15) is 5.11 Å². The summed E-state index contributed by atoms with van der Waals surface area (Å²) in [6.45, 7) is 6.36. The third-order valence-corrected chi connectivity index (χ3v) is 3.55. The van der Waals surface area contributed by atoms with Gasteiger partial charge < -0.3 is 15.2 Å². The van der Waals surface area contributed by atoms with E-state index in [1.165, 1.54) is 19.3 Å². The van der Waals surface area contributed by atoms with E-state index in [0.29, 0.717) is 13.2 Å². The van der Waals surface area contributed by atoms with E-state index in [1.807, 2.05) is 24.3 Å². The highest BCUT2D eigenvalue weighted by atomic mass is 79.9. The van der Waals surface area contributed by atoms with Crippen LogP contribution in [0.2, 0.25) is 0 Å². The topological polar surface area (TPSA) is 41.5 Å².